The maximum Gasteiger partial charge on any atom is 0.257 e. The van der Waals surface area contributed by atoms with E-state index in [1.807, 2.05) is 60.7 Å². The summed E-state index contributed by atoms with van der Waals surface area (Å²) in [5.74, 6) is 0.407. The van der Waals surface area contributed by atoms with Crippen LogP contribution in [0.15, 0.2) is 73.1 Å². The van der Waals surface area contributed by atoms with Crippen LogP contribution in [-0.4, -0.2) is 27.8 Å². The summed E-state index contributed by atoms with van der Waals surface area (Å²) in [4.78, 5) is 22.6. The van der Waals surface area contributed by atoms with E-state index < -0.39 is 0 Å². The highest BCUT2D eigenvalue weighted by Gasteiger charge is 2.13. The quantitative estimate of drug-likeness (QED) is 0.752. The van der Waals surface area contributed by atoms with Crippen LogP contribution in [0.5, 0.6) is 0 Å². The van der Waals surface area contributed by atoms with Crippen molar-refractivity contribution in [3.05, 3.63) is 89.7 Å². The van der Waals surface area contributed by atoms with Crippen LogP contribution in [0.1, 0.15) is 21.5 Å². The molecule has 1 N–H and O–H groups in total. The number of nitrogens with one attached hydrogen (secondary N) is 1. The molecule has 2 aromatic carbocycles. The highest BCUT2D eigenvalue weighted by atomic mass is 16.2. The highest BCUT2D eigenvalue weighted by molar-refractivity contribution is 5.93. The molecule has 3 aromatic rings. The van der Waals surface area contributed by atoms with Crippen LogP contribution in [0.25, 0.3) is 0 Å². The second-order valence-electron chi connectivity index (χ2n) is 5.78. The van der Waals surface area contributed by atoms with E-state index in [0.717, 1.165) is 11.1 Å². The molecule has 1 amide bonds. The van der Waals surface area contributed by atoms with Crippen LogP contribution in [-0.2, 0) is 13.1 Å². The van der Waals surface area contributed by atoms with E-state index >= 15 is 0 Å². The number of rotatable bonds is 6. The molecule has 0 aliphatic carbocycles. The first-order valence-corrected chi connectivity index (χ1v) is 8.11. The van der Waals surface area contributed by atoms with Gasteiger partial charge in [0.15, 0.2) is 0 Å². The number of anilines is 1. The van der Waals surface area contributed by atoms with Crippen LogP contribution in [0.2, 0.25) is 0 Å². The lowest BCUT2D eigenvalue weighted by atomic mass is 10.2. The number of carbonyl (C=O) groups excluding carboxylic acids is 1. The monoisotopic (exact) mass is 332 g/mol. The minimum Gasteiger partial charge on any atom is -0.350 e. The summed E-state index contributed by atoms with van der Waals surface area (Å²) >= 11 is 0. The zero-order valence-electron chi connectivity index (χ0n) is 14.1. The molecule has 1 aromatic heterocycles. The van der Waals surface area contributed by atoms with E-state index in [1.54, 1.807) is 24.3 Å². The van der Waals surface area contributed by atoms with Gasteiger partial charge in [0.1, 0.15) is 0 Å². The molecule has 0 radical (unpaired) electrons. The number of nitrogens with zero attached hydrogens (tertiary/aromatic N) is 3. The van der Waals surface area contributed by atoms with Gasteiger partial charge in [-0.2, -0.15) is 0 Å². The molecule has 0 aliphatic rings. The van der Waals surface area contributed by atoms with Gasteiger partial charge in [0.25, 0.3) is 5.91 Å². The van der Waals surface area contributed by atoms with E-state index in [0.29, 0.717) is 24.6 Å². The van der Waals surface area contributed by atoms with Crippen molar-refractivity contribution in [1.82, 2.24) is 14.9 Å². The van der Waals surface area contributed by atoms with E-state index in [9.17, 15) is 4.79 Å². The molecule has 0 unspecified atom stereocenters. The first-order chi connectivity index (χ1) is 12.2. The van der Waals surface area contributed by atoms with Crippen molar-refractivity contribution in [2.45, 2.75) is 13.1 Å². The number of hydrogen-bond acceptors (Lipinski definition) is 4. The van der Waals surface area contributed by atoms with Crippen LogP contribution < -0.4 is 5.32 Å². The van der Waals surface area contributed by atoms with Crippen molar-refractivity contribution in [3.63, 3.8) is 0 Å². The molecular weight excluding hydrogens is 312 g/mol. The average Bonchev–Trinajstić information content (AvgIpc) is 2.68. The Morgan fingerprint density at radius 1 is 0.920 bits per heavy atom. The summed E-state index contributed by atoms with van der Waals surface area (Å²) in [7, 11) is 1.77. The van der Waals surface area contributed by atoms with Crippen LogP contribution in [0.3, 0.4) is 0 Å². The predicted octanol–water partition coefficient (Wildman–Crippen LogP) is 3.36. The molecule has 0 spiro atoms. The van der Waals surface area contributed by atoms with Crippen molar-refractivity contribution in [1.29, 1.82) is 0 Å². The number of aromatic nitrogens is 2. The Morgan fingerprint density at radius 2 is 1.48 bits per heavy atom. The zero-order valence-corrected chi connectivity index (χ0v) is 14.1. The fraction of sp³-hybridized carbons (Fsp3) is 0.150. The fourth-order valence-electron chi connectivity index (χ4n) is 2.46. The number of amides is 1. The van der Waals surface area contributed by atoms with Gasteiger partial charge >= 0.3 is 0 Å². The fourth-order valence-corrected chi connectivity index (χ4v) is 2.46. The van der Waals surface area contributed by atoms with Gasteiger partial charge in [-0.3, -0.25) is 4.79 Å². The molecule has 1 heterocycles. The van der Waals surface area contributed by atoms with Crippen molar-refractivity contribution in [2.75, 3.05) is 12.4 Å². The normalized spacial score (nSPS) is 10.3. The first-order valence-electron chi connectivity index (χ1n) is 8.11. The Balaban J connectivity index is 1.58. The average molecular weight is 332 g/mol. The lowest BCUT2D eigenvalue weighted by Crippen LogP contribution is -2.26. The molecule has 0 saturated carbocycles. The van der Waals surface area contributed by atoms with Crippen molar-refractivity contribution < 1.29 is 4.79 Å². The summed E-state index contributed by atoms with van der Waals surface area (Å²) in [6.07, 6.45) is 3.12. The van der Waals surface area contributed by atoms with Gasteiger partial charge in [-0.05, 0) is 11.1 Å². The Bertz CT molecular complexity index is 804. The summed E-state index contributed by atoms with van der Waals surface area (Å²) in [5.41, 5.74) is 2.71. The van der Waals surface area contributed by atoms with Crippen molar-refractivity contribution in [2.24, 2.45) is 0 Å². The van der Waals surface area contributed by atoms with Crippen molar-refractivity contribution in [3.8, 4) is 0 Å². The van der Waals surface area contributed by atoms with Crippen LogP contribution >= 0.6 is 0 Å². The van der Waals surface area contributed by atoms with E-state index in [4.69, 9.17) is 0 Å². The second-order valence-corrected chi connectivity index (χ2v) is 5.78. The molecule has 126 valence electrons. The van der Waals surface area contributed by atoms with Crippen molar-refractivity contribution >= 4 is 11.9 Å². The number of carbonyl (C=O) groups is 1. The zero-order chi connectivity index (χ0) is 17.5. The first kappa shape index (κ1) is 16.6. The molecule has 0 atom stereocenters. The van der Waals surface area contributed by atoms with Crippen LogP contribution in [0, 0.1) is 0 Å². The Labute approximate surface area is 147 Å². The minimum absolute atomic E-state index is 0.0986. The molecule has 25 heavy (non-hydrogen) atoms. The van der Waals surface area contributed by atoms with E-state index in [2.05, 4.69) is 15.3 Å². The largest absolute Gasteiger partial charge is 0.350 e. The molecule has 5 nitrogen and oxygen atoms in total. The summed E-state index contributed by atoms with van der Waals surface area (Å²) in [6, 6.07) is 19.9. The summed E-state index contributed by atoms with van der Waals surface area (Å²) in [5, 5.41) is 3.15. The highest BCUT2D eigenvalue weighted by Crippen LogP contribution is 2.09. The Hall–Kier alpha value is -3.21. The van der Waals surface area contributed by atoms with E-state index in [1.165, 1.54) is 0 Å². The number of benzene rings is 2. The third-order valence-corrected chi connectivity index (χ3v) is 3.80. The number of hydrogen-bond donors (Lipinski definition) is 1. The maximum absolute atomic E-state index is 12.5. The molecule has 0 bridgehead atoms. The molecule has 0 aliphatic heterocycles. The van der Waals surface area contributed by atoms with Gasteiger partial charge in [-0.1, -0.05) is 60.7 Å². The molecule has 5 heteroatoms. The Kier molecular flexibility index (Phi) is 5.36. The lowest BCUT2D eigenvalue weighted by Gasteiger charge is -2.17. The Morgan fingerprint density at radius 3 is 2.08 bits per heavy atom. The van der Waals surface area contributed by atoms with Gasteiger partial charge in [0.2, 0.25) is 5.95 Å². The molecule has 0 fully saturated rings. The molecule has 3 rings (SSSR count). The third kappa shape index (κ3) is 4.64. The SMILES string of the molecule is CN(Cc1ccccc1)C(=O)c1cnc(NCc2ccccc2)nc1. The minimum atomic E-state index is -0.0986. The molecule has 0 saturated heterocycles. The summed E-state index contributed by atoms with van der Waals surface area (Å²) < 4.78 is 0. The van der Waals surface area contributed by atoms with Gasteiger partial charge < -0.3 is 10.2 Å². The van der Waals surface area contributed by atoms with Gasteiger partial charge in [-0.25, -0.2) is 9.97 Å². The lowest BCUT2D eigenvalue weighted by molar-refractivity contribution is 0.0784. The van der Waals surface area contributed by atoms with E-state index in [-0.39, 0.29) is 5.91 Å². The van der Waals surface area contributed by atoms with Gasteiger partial charge in [-0.15, -0.1) is 0 Å². The molecular formula is C20H20N4O. The summed E-state index contributed by atoms with van der Waals surface area (Å²) in [6.45, 7) is 1.19. The smallest absolute Gasteiger partial charge is 0.257 e. The van der Waals surface area contributed by atoms with Gasteiger partial charge in [0.05, 0.1) is 5.56 Å². The topological polar surface area (TPSA) is 58.1 Å². The second kappa shape index (κ2) is 8.06. The maximum atomic E-state index is 12.5. The predicted molar refractivity (Wildman–Crippen MR) is 98.0 cm³/mol. The third-order valence-electron chi connectivity index (χ3n) is 3.80. The van der Waals surface area contributed by atoms with Crippen LogP contribution in [0.4, 0.5) is 5.95 Å². The van der Waals surface area contributed by atoms with Gasteiger partial charge in [0, 0.05) is 32.5 Å². The standard InChI is InChI=1S/C20H20N4O/c1-24(15-17-10-6-3-7-11-17)19(25)18-13-22-20(23-14-18)21-12-16-8-4-2-5-9-16/h2-11,13-14H,12,15H2,1H3,(H,21,22,23).